The quantitative estimate of drug-likeness (QED) is 0.877. The Morgan fingerprint density at radius 2 is 2.00 bits per heavy atom. The van der Waals surface area contributed by atoms with Gasteiger partial charge in [-0.15, -0.1) is 0 Å². The van der Waals surface area contributed by atoms with Gasteiger partial charge in [-0.05, 0) is 64.3 Å². The molecule has 1 aromatic carbocycles. The van der Waals surface area contributed by atoms with E-state index in [9.17, 15) is 9.90 Å². The Balaban J connectivity index is 1.43. The van der Waals surface area contributed by atoms with Crippen LogP contribution in [0.15, 0.2) is 24.3 Å². The van der Waals surface area contributed by atoms with Crippen molar-refractivity contribution < 1.29 is 9.90 Å². The maximum absolute atomic E-state index is 12.7. The van der Waals surface area contributed by atoms with Gasteiger partial charge in [-0.1, -0.05) is 12.1 Å². The summed E-state index contributed by atoms with van der Waals surface area (Å²) in [5, 5.41) is 13.9. The van der Waals surface area contributed by atoms with Crippen molar-refractivity contribution in [1.29, 1.82) is 0 Å². The number of para-hydroxylation sites is 2. The third-order valence-electron chi connectivity index (χ3n) is 5.92. The molecular weight excluding hydrogens is 328 g/mol. The second-order valence-electron chi connectivity index (χ2n) is 7.64. The Bertz CT molecular complexity index is 781. The number of hydrogen-bond donors (Lipinski definition) is 2. The summed E-state index contributed by atoms with van der Waals surface area (Å²) >= 11 is 0. The van der Waals surface area contributed by atoms with E-state index in [4.69, 9.17) is 0 Å². The highest BCUT2D eigenvalue weighted by Gasteiger charge is 2.37. The maximum atomic E-state index is 12.7. The molecule has 0 spiro atoms. The monoisotopic (exact) mass is 356 g/mol. The van der Waals surface area contributed by atoms with Crippen molar-refractivity contribution >= 4 is 16.9 Å². The van der Waals surface area contributed by atoms with Crippen LogP contribution in [0.2, 0.25) is 0 Å². The molecule has 2 N–H and O–H groups in total. The fourth-order valence-electron chi connectivity index (χ4n) is 4.58. The third-order valence-corrected chi connectivity index (χ3v) is 5.92. The molecule has 3 atom stereocenters. The van der Waals surface area contributed by atoms with Crippen LogP contribution in [-0.4, -0.2) is 56.7 Å². The van der Waals surface area contributed by atoms with Gasteiger partial charge in [0.2, 0.25) is 5.91 Å². The highest BCUT2D eigenvalue weighted by Crippen LogP contribution is 2.26. The van der Waals surface area contributed by atoms with Gasteiger partial charge in [0, 0.05) is 6.04 Å². The Kier molecular flexibility index (Phi) is 4.96. The van der Waals surface area contributed by atoms with Crippen LogP contribution in [0.4, 0.5) is 0 Å². The number of aliphatic hydroxyl groups is 1. The first kappa shape index (κ1) is 17.5. The minimum absolute atomic E-state index is 0.0534. The number of aliphatic hydroxyl groups excluding tert-OH is 1. The lowest BCUT2D eigenvalue weighted by molar-refractivity contribution is -0.124. The molecule has 0 unspecified atom stereocenters. The number of nitrogens with zero attached hydrogens (tertiary/aromatic N) is 3. The number of aryl methyl sites for hydroxylation is 1. The van der Waals surface area contributed by atoms with E-state index < -0.39 is 6.10 Å². The normalized spacial score (nSPS) is 27.1. The van der Waals surface area contributed by atoms with Gasteiger partial charge < -0.3 is 15.0 Å². The number of amides is 1. The van der Waals surface area contributed by atoms with Gasteiger partial charge in [0.25, 0.3) is 0 Å². The lowest BCUT2D eigenvalue weighted by atomic mass is 9.87. The largest absolute Gasteiger partial charge is 0.389 e. The summed E-state index contributed by atoms with van der Waals surface area (Å²) in [6.45, 7) is 4.31. The fraction of sp³-hybridized carbons (Fsp3) is 0.600. The number of rotatable bonds is 4. The zero-order chi connectivity index (χ0) is 18.1. The molecule has 26 heavy (non-hydrogen) atoms. The van der Waals surface area contributed by atoms with Gasteiger partial charge >= 0.3 is 0 Å². The lowest BCUT2D eigenvalue weighted by Crippen LogP contribution is -2.56. The summed E-state index contributed by atoms with van der Waals surface area (Å²) in [6.07, 6.45) is 4.88. The number of nitrogens with one attached hydrogen (secondary N) is 1. The number of imidazole rings is 1. The summed E-state index contributed by atoms with van der Waals surface area (Å²) in [5.41, 5.74) is 1.88. The van der Waals surface area contributed by atoms with Gasteiger partial charge in [0.05, 0.1) is 23.2 Å². The summed E-state index contributed by atoms with van der Waals surface area (Å²) in [4.78, 5) is 19.6. The van der Waals surface area contributed by atoms with Crippen LogP contribution in [0.25, 0.3) is 11.0 Å². The molecule has 0 radical (unpaired) electrons. The Labute approximate surface area is 154 Å². The average molecular weight is 356 g/mol. The van der Waals surface area contributed by atoms with Crippen molar-refractivity contribution in [2.24, 2.45) is 0 Å². The number of fused-ring (bicyclic) bond motifs is 1. The SMILES string of the molecule is Cc1nc2ccccc2n1CC(=O)N[C@@H]1CCC[C@@H](N2CCCC2)[C@@H]1O. The highest BCUT2D eigenvalue weighted by atomic mass is 16.3. The molecule has 1 saturated carbocycles. The topological polar surface area (TPSA) is 70.4 Å². The molecule has 1 aliphatic heterocycles. The van der Waals surface area contributed by atoms with Crippen LogP contribution in [0, 0.1) is 6.92 Å². The van der Waals surface area contributed by atoms with E-state index in [2.05, 4.69) is 15.2 Å². The number of benzene rings is 1. The van der Waals surface area contributed by atoms with Gasteiger partial charge in [-0.2, -0.15) is 0 Å². The van der Waals surface area contributed by atoms with Crippen molar-refractivity contribution in [1.82, 2.24) is 19.8 Å². The molecule has 4 rings (SSSR count). The minimum Gasteiger partial charge on any atom is -0.389 e. The number of hydrogen-bond acceptors (Lipinski definition) is 4. The first-order valence-electron chi connectivity index (χ1n) is 9.77. The van der Waals surface area contributed by atoms with Crippen LogP contribution in [0.1, 0.15) is 37.9 Å². The molecule has 1 amide bonds. The smallest absolute Gasteiger partial charge is 0.240 e. The van der Waals surface area contributed by atoms with E-state index in [0.29, 0.717) is 0 Å². The molecule has 6 heteroatoms. The van der Waals surface area contributed by atoms with Crippen molar-refractivity contribution in [2.75, 3.05) is 13.1 Å². The molecule has 140 valence electrons. The van der Waals surface area contributed by atoms with E-state index in [1.807, 2.05) is 35.8 Å². The van der Waals surface area contributed by atoms with Crippen LogP contribution < -0.4 is 5.32 Å². The van der Waals surface area contributed by atoms with Gasteiger partial charge in [-0.3, -0.25) is 9.69 Å². The van der Waals surface area contributed by atoms with E-state index in [1.165, 1.54) is 12.8 Å². The fourth-order valence-corrected chi connectivity index (χ4v) is 4.58. The predicted octanol–water partition coefficient (Wildman–Crippen LogP) is 1.84. The van der Waals surface area contributed by atoms with Gasteiger partial charge in [0.1, 0.15) is 12.4 Å². The Morgan fingerprint density at radius 3 is 2.81 bits per heavy atom. The second kappa shape index (κ2) is 7.37. The van der Waals surface area contributed by atoms with E-state index in [0.717, 1.165) is 49.2 Å². The molecule has 2 aliphatic rings. The van der Waals surface area contributed by atoms with E-state index in [-0.39, 0.29) is 24.5 Å². The summed E-state index contributed by atoms with van der Waals surface area (Å²) in [7, 11) is 0. The van der Waals surface area contributed by atoms with Crippen LogP contribution >= 0.6 is 0 Å². The van der Waals surface area contributed by atoms with Crippen molar-refractivity contribution in [2.45, 2.75) is 63.8 Å². The Morgan fingerprint density at radius 1 is 1.23 bits per heavy atom. The standard InChI is InChI=1S/C20H28N4O2/c1-14-21-15-7-2-3-9-17(15)24(14)13-19(25)22-16-8-6-10-18(20(16)26)23-11-4-5-12-23/h2-3,7,9,16,18,20,26H,4-6,8,10-13H2,1H3,(H,22,25)/t16-,18-,20-/m1/s1. The minimum atomic E-state index is -0.480. The molecule has 6 nitrogen and oxygen atoms in total. The van der Waals surface area contributed by atoms with Crippen LogP contribution in [-0.2, 0) is 11.3 Å². The highest BCUT2D eigenvalue weighted by molar-refractivity contribution is 5.81. The molecule has 2 heterocycles. The van der Waals surface area contributed by atoms with Gasteiger partial charge in [0.15, 0.2) is 0 Å². The zero-order valence-corrected chi connectivity index (χ0v) is 15.4. The first-order valence-corrected chi connectivity index (χ1v) is 9.77. The van der Waals surface area contributed by atoms with Crippen molar-refractivity contribution in [3.63, 3.8) is 0 Å². The number of carbonyl (C=O) groups excluding carboxylic acids is 1. The Hall–Kier alpha value is -1.92. The second-order valence-corrected chi connectivity index (χ2v) is 7.64. The zero-order valence-electron chi connectivity index (χ0n) is 15.4. The van der Waals surface area contributed by atoms with Crippen molar-refractivity contribution in [3.8, 4) is 0 Å². The van der Waals surface area contributed by atoms with Crippen LogP contribution in [0.5, 0.6) is 0 Å². The molecule has 1 saturated heterocycles. The molecule has 0 bridgehead atoms. The molecule has 2 aromatic rings. The number of likely N-dealkylation sites (tertiary alicyclic amines) is 1. The average Bonchev–Trinajstić information content (AvgIpc) is 3.26. The lowest BCUT2D eigenvalue weighted by Gasteiger charge is -2.40. The maximum Gasteiger partial charge on any atom is 0.240 e. The van der Waals surface area contributed by atoms with E-state index >= 15 is 0 Å². The summed E-state index contributed by atoms with van der Waals surface area (Å²) in [5.74, 6) is 0.780. The van der Waals surface area contributed by atoms with E-state index in [1.54, 1.807) is 0 Å². The van der Waals surface area contributed by atoms with Crippen LogP contribution in [0.3, 0.4) is 0 Å². The summed E-state index contributed by atoms with van der Waals surface area (Å²) in [6, 6.07) is 7.90. The number of carbonyl (C=O) groups is 1. The van der Waals surface area contributed by atoms with Crippen molar-refractivity contribution in [3.05, 3.63) is 30.1 Å². The molecule has 1 aliphatic carbocycles. The molecular formula is C20H28N4O2. The summed E-state index contributed by atoms with van der Waals surface area (Å²) < 4.78 is 1.94. The molecule has 2 fully saturated rings. The number of aromatic nitrogens is 2. The third kappa shape index (κ3) is 3.35. The molecule has 1 aromatic heterocycles. The van der Waals surface area contributed by atoms with Gasteiger partial charge in [-0.25, -0.2) is 4.98 Å². The predicted molar refractivity (Wildman–Crippen MR) is 101 cm³/mol. The first-order chi connectivity index (χ1) is 12.6.